The Balaban J connectivity index is 1.61. The zero-order chi connectivity index (χ0) is 15.4. The van der Waals surface area contributed by atoms with Gasteiger partial charge < -0.3 is 9.64 Å². The van der Waals surface area contributed by atoms with E-state index in [2.05, 4.69) is 5.32 Å². The third kappa shape index (κ3) is 3.25. The third-order valence-corrected chi connectivity index (χ3v) is 3.45. The smallest absolute Gasteiger partial charge is 0.410 e. The number of carbonyl (C=O) groups is 2. The van der Waals surface area contributed by atoms with E-state index in [4.69, 9.17) is 4.74 Å². The minimum Gasteiger partial charge on any atom is -0.410 e. The lowest BCUT2D eigenvalue weighted by Gasteiger charge is -2.16. The van der Waals surface area contributed by atoms with Crippen molar-refractivity contribution in [1.29, 1.82) is 0 Å². The van der Waals surface area contributed by atoms with Gasteiger partial charge in [0, 0.05) is 24.3 Å². The number of para-hydroxylation sites is 1. The number of hydrogen-bond acceptors (Lipinski definition) is 3. The predicted octanol–water partition coefficient (Wildman–Crippen LogP) is 3.42. The Morgan fingerprint density at radius 2 is 1.77 bits per heavy atom. The fourth-order valence-corrected chi connectivity index (χ4v) is 2.38. The number of carbonyl (C=O) groups excluding carboxylic acids is 2. The standard InChI is InChI=1S/C17H16N2O3/c20-16-7-4-12-19(16)14-10-8-13(9-11-14)18-17(21)22-15-5-2-1-3-6-15/h1-3,5-6,8-11H,4,7,12H2,(H,18,21). The van der Waals surface area contributed by atoms with Crippen LogP contribution in [0.3, 0.4) is 0 Å². The number of rotatable bonds is 3. The monoisotopic (exact) mass is 296 g/mol. The largest absolute Gasteiger partial charge is 0.417 e. The molecule has 1 aliphatic rings. The fourth-order valence-electron chi connectivity index (χ4n) is 2.38. The van der Waals surface area contributed by atoms with Crippen molar-refractivity contribution in [3.05, 3.63) is 54.6 Å². The Kier molecular flexibility index (Phi) is 4.05. The van der Waals surface area contributed by atoms with Gasteiger partial charge in [0.25, 0.3) is 0 Å². The van der Waals surface area contributed by atoms with E-state index in [1.807, 2.05) is 18.2 Å². The van der Waals surface area contributed by atoms with Gasteiger partial charge in [0.05, 0.1) is 0 Å². The van der Waals surface area contributed by atoms with Crippen molar-refractivity contribution >= 4 is 23.4 Å². The highest BCUT2D eigenvalue weighted by atomic mass is 16.6. The molecule has 1 aliphatic heterocycles. The highest BCUT2D eigenvalue weighted by Gasteiger charge is 2.21. The SMILES string of the molecule is O=C(Nc1ccc(N2CCCC2=O)cc1)Oc1ccccc1. The molecular weight excluding hydrogens is 280 g/mol. The average Bonchev–Trinajstić information content (AvgIpc) is 2.95. The van der Waals surface area contributed by atoms with Gasteiger partial charge in [-0.2, -0.15) is 0 Å². The molecule has 0 aliphatic carbocycles. The van der Waals surface area contributed by atoms with E-state index in [9.17, 15) is 9.59 Å². The van der Waals surface area contributed by atoms with E-state index in [0.717, 1.165) is 18.7 Å². The summed E-state index contributed by atoms with van der Waals surface area (Å²) in [5.74, 6) is 0.628. The van der Waals surface area contributed by atoms with Crippen LogP contribution in [0.4, 0.5) is 16.2 Å². The molecule has 0 unspecified atom stereocenters. The quantitative estimate of drug-likeness (QED) is 0.944. The molecule has 2 amide bonds. The maximum absolute atomic E-state index is 11.8. The van der Waals surface area contributed by atoms with Crippen LogP contribution in [-0.2, 0) is 4.79 Å². The molecular formula is C17H16N2O3. The summed E-state index contributed by atoms with van der Waals surface area (Å²) in [4.78, 5) is 25.2. The molecule has 1 fully saturated rings. The Bertz CT molecular complexity index is 668. The number of nitrogens with one attached hydrogen (secondary N) is 1. The molecule has 0 atom stereocenters. The molecule has 0 aromatic heterocycles. The molecule has 0 spiro atoms. The minimum absolute atomic E-state index is 0.143. The highest BCUT2D eigenvalue weighted by molar-refractivity contribution is 5.95. The first kappa shape index (κ1) is 14.1. The second kappa shape index (κ2) is 6.30. The Morgan fingerprint density at radius 1 is 1.05 bits per heavy atom. The molecule has 0 saturated carbocycles. The van der Waals surface area contributed by atoms with Gasteiger partial charge >= 0.3 is 6.09 Å². The van der Waals surface area contributed by atoms with Crippen LogP contribution in [0.15, 0.2) is 54.6 Å². The lowest BCUT2D eigenvalue weighted by molar-refractivity contribution is -0.117. The van der Waals surface area contributed by atoms with Gasteiger partial charge in [0.2, 0.25) is 5.91 Å². The lowest BCUT2D eigenvalue weighted by Crippen LogP contribution is -2.23. The number of amides is 2. The molecule has 0 radical (unpaired) electrons. The number of nitrogens with zero attached hydrogens (tertiary/aromatic N) is 1. The molecule has 0 bridgehead atoms. The Labute approximate surface area is 128 Å². The zero-order valence-electron chi connectivity index (χ0n) is 12.0. The first-order chi connectivity index (χ1) is 10.7. The van der Waals surface area contributed by atoms with Crippen LogP contribution in [0.5, 0.6) is 5.75 Å². The normalized spacial score (nSPS) is 14.0. The summed E-state index contributed by atoms with van der Waals surface area (Å²) in [6, 6.07) is 16.0. The summed E-state index contributed by atoms with van der Waals surface area (Å²) in [7, 11) is 0. The van der Waals surface area contributed by atoms with Gasteiger partial charge in [-0.1, -0.05) is 18.2 Å². The van der Waals surface area contributed by atoms with Crippen molar-refractivity contribution in [3.8, 4) is 5.75 Å². The fraction of sp³-hybridized carbons (Fsp3) is 0.176. The molecule has 5 heteroatoms. The Morgan fingerprint density at radius 3 is 2.41 bits per heavy atom. The molecule has 5 nitrogen and oxygen atoms in total. The van der Waals surface area contributed by atoms with E-state index in [-0.39, 0.29) is 5.91 Å². The van der Waals surface area contributed by atoms with Crippen LogP contribution in [0.2, 0.25) is 0 Å². The molecule has 1 saturated heterocycles. The zero-order valence-corrected chi connectivity index (χ0v) is 12.0. The maximum Gasteiger partial charge on any atom is 0.417 e. The van der Waals surface area contributed by atoms with Gasteiger partial charge in [-0.05, 0) is 42.8 Å². The van der Waals surface area contributed by atoms with Crippen molar-refractivity contribution < 1.29 is 14.3 Å². The highest BCUT2D eigenvalue weighted by Crippen LogP contribution is 2.23. The number of anilines is 2. The average molecular weight is 296 g/mol. The van der Waals surface area contributed by atoms with Crippen LogP contribution >= 0.6 is 0 Å². The molecule has 2 aromatic carbocycles. The van der Waals surface area contributed by atoms with E-state index in [1.54, 1.807) is 41.3 Å². The van der Waals surface area contributed by atoms with Crippen molar-refractivity contribution in [1.82, 2.24) is 0 Å². The summed E-state index contributed by atoms with van der Waals surface area (Å²) in [6.45, 7) is 0.752. The lowest BCUT2D eigenvalue weighted by atomic mass is 10.2. The van der Waals surface area contributed by atoms with Gasteiger partial charge in [-0.15, -0.1) is 0 Å². The van der Waals surface area contributed by atoms with Crippen LogP contribution in [0, 0.1) is 0 Å². The van der Waals surface area contributed by atoms with E-state index < -0.39 is 6.09 Å². The van der Waals surface area contributed by atoms with E-state index >= 15 is 0 Å². The van der Waals surface area contributed by atoms with Crippen LogP contribution < -0.4 is 15.0 Å². The van der Waals surface area contributed by atoms with Crippen molar-refractivity contribution in [2.24, 2.45) is 0 Å². The molecule has 1 N–H and O–H groups in total. The van der Waals surface area contributed by atoms with Crippen molar-refractivity contribution in [2.45, 2.75) is 12.8 Å². The maximum atomic E-state index is 11.8. The number of ether oxygens (including phenoxy) is 1. The van der Waals surface area contributed by atoms with Gasteiger partial charge in [-0.3, -0.25) is 10.1 Å². The summed E-state index contributed by atoms with van der Waals surface area (Å²) in [6.07, 6.45) is 0.947. The predicted molar refractivity (Wildman–Crippen MR) is 84.1 cm³/mol. The summed E-state index contributed by atoms with van der Waals surface area (Å²) in [5.41, 5.74) is 1.47. The number of benzene rings is 2. The van der Waals surface area contributed by atoms with Gasteiger partial charge in [-0.25, -0.2) is 4.79 Å². The third-order valence-electron chi connectivity index (χ3n) is 3.45. The summed E-state index contributed by atoms with van der Waals surface area (Å²) < 4.78 is 5.15. The molecule has 1 heterocycles. The second-order valence-corrected chi connectivity index (χ2v) is 5.02. The summed E-state index contributed by atoms with van der Waals surface area (Å²) in [5, 5.41) is 2.65. The first-order valence-corrected chi connectivity index (χ1v) is 7.17. The van der Waals surface area contributed by atoms with Crippen LogP contribution in [0.25, 0.3) is 0 Å². The van der Waals surface area contributed by atoms with E-state index in [1.165, 1.54) is 0 Å². The molecule has 2 aromatic rings. The first-order valence-electron chi connectivity index (χ1n) is 7.17. The second-order valence-electron chi connectivity index (χ2n) is 5.02. The van der Waals surface area contributed by atoms with Gasteiger partial charge in [0.15, 0.2) is 0 Å². The molecule has 22 heavy (non-hydrogen) atoms. The van der Waals surface area contributed by atoms with Crippen molar-refractivity contribution in [2.75, 3.05) is 16.8 Å². The molecule has 3 rings (SSSR count). The van der Waals surface area contributed by atoms with Gasteiger partial charge in [0.1, 0.15) is 5.75 Å². The topological polar surface area (TPSA) is 58.6 Å². The van der Waals surface area contributed by atoms with Crippen LogP contribution in [-0.4, -0.2) is 18.5 Å². The van der Waals surface area contributed by atoms with Crippen LogP contribution in [0.1, 0.15) is 12.8 Å². The van der Waals surface area contributed by atoms with Crippen molar-refractivity contribution in [3.63, 3.8) is 0 Å². The summed E-state index contributed by atoms with van der Waals surface area (Å²) >= 11 is 0. The number of hydrogen-bond donors (Lipinski definition) is 1. The molecule has 112 valence electrons. The minimum atomic E-state index is -0.545. The van der Waals surface area contributed by atoms with E-state index in [0.29, 0.717) is 17.9 Å². The Hall–Kier alpha value is -2.82.